The second-order valence-electron chi connectivity index (χ2n) is 4.07. The van der Waals surface area contributed by atoms with Crippen LogP contribution in [0.5, 0.6) is 5.75 Å². The number of nitriles is 1. The van der Waals surface area contributed by atoms with E-state index in [1.165, 1.54) is 0 Å². The van der Waals surface area contributed by atoms with Crippen molar-refractivity contribution >= 4 is 17.3 Å². The van der Waals surface area contributed by atoms with Gasteiger partial charge >= 0.3 is 0 Å². The monoisotopic (exact) mass is 267 g/mol. The first-order valence-corrected chi connectivity index (χ1v) is 5.96. The molecule has 0 atom stereocenters. The Kier molecular flexibility index (Phi) is 4.20. The van der Waals surface area contributed by atoms with E-state index in [-0.39, 0.29) is 12.5 Å². The summed E-state index contributed by atoms with van der Waals surface area (Å²) in [6, 6.07) is 15.6. The Morgan fingerprint density at radius 1 is 1.25 bits per heavy atom. The molecule has 0 bridgehead atoms. The van der Waals surface area contributed by atoms with Gasteiger partial charge in [-0.15, -0.1) is 0 Å². The molecule has 0 fully saturated rings. The van der Waals surface area contributed by atoms with E-state index >= 15 is 0 Å². The van der Waals surface area contributed by atoms with E-state index in [9.17, 15) is 4.79 Å². The number of nitrogens with zero attached hydrogens (tertiary/aromatic N) is 1. The van der Waals surface area contributed by atoms with Crippen LogP contribution in [0, 0.1) is 11.3 Å². The fourth-order valence-corrected chi connectivity index (χ4v) is 1.62. The molecule has 0 aliphatic rings. The van der Waals surface area contributed by atoms with Crippen LogP contribution in [0.25, 0.3) is 0 Å². The van der Waals surface area contributed by atoms with E-state index in [4.69, 9.17) is 15.7 Å². The number of nitrogens with one attached hydrogen (secondary N) is 1. The lowest BCUT2D eigenvalue weighted by Crippen LogP contribution is -2.20. The molecule has 0 radical (unpaired) electrons. The zero-order chi connectivity index (χ0) is 14.4. The zero-order valence-corrected chi connectivity index (χ0v) is 10.7. The largest absolute Gasteiger partial charge is 0.482 e. The second kappa shape index (κ2) is 6.25. The number of hydrogen-bond donors (Lipinski definition) is 2. The Labute approximate surface area is 116 Å². The summed E-state index contributed by atoms with van der Waals surface area (Å²) in [6.45, 7) is -0.148. The number of carbonyl (C=O) groups is 1. The lowest BCUT2D eigenvalue weighted by molar-refractivity contribution is -0.118. The number of amides is 1. The minimum absolute atomic E-state index is 0.148. The number of nitrogen functional groups attached to an aromatic ring is 1. The predicted molar refractivity (Wildman–Crippen MR) is 76.1 cm³/mol. The van der Waals surface area contributed by atoms with E-state index < -0.39 is 0 Å². The molecular weight excluding hydrogens is 254 g/mol. The Hall–Kier alpha value is -3.00. The molecule has 2 rings (SSSR count). The van der Waals surface area contributed by atoms with Crippen LogP contribution in [0.4, 0.5) is 11.4 Å². The molecule has 1 amide bonds. The summed E-state index contributed by atoms with van der Waals surface area (Å²) in [4.78, 5) is 11.7. The van der Waals surface area contributed by atoms with E-state index in [1.807, 2.05) is 6.07 Å². The minimum atomic E-state index is -0.316. The van der Waals surface area contributed by atoms with Gasteiger partial charge in [0.1, 0.15) is 5.75 Å². The van der Waals surface area contributed by atoms with E-state index in [1.54, 1.807) is 48.5 Å². The molecule has 0 spiro atoms. The first-order valence-electron chi connectivity index (χ1n) is 5.96. The maximum absolute atomic E-state index is 11.7. The number of hydrogen-bond acceptors (Lipinski definition) is 4. The third kappa shape index (κ3) is 3.50. The molecule has 0 unspecified atom stereocenters. The van der Waals surface area contributed by atoms with Gasteiger partial charge in [-0.25, -0.2) is 0 Å². The summed E-state index contributed by atoms with van der Waals surface area (Å²) in [5.41, 5.74) is 7.22. The third-order valence-electron chi connectivity index (χ3n) is 2.55. The van der Waals surface area contributed by atoms with Crippen molar-refractivity contribution in [2.75, 3.05) is 17.7 Å². The minimum Gasteiger partial charge on any atom is -0.482 e. The number of para-hydroxylation sites is 2. The number of benzene rings is 2. The van der Waals surface area contributed by atoms with Gasteiger partial charge in [0, 0.05) is 5.69 Å². The summed E-state index contributed by atoms with van der Waals surface area (Å²) in [5.74, 6) is 0.150. The molecule has 2 aromatic carbocycles. The topological polar surface area (TPSA) is 88.1 Å². The number of nitrogens with two attached hydrogens (primary N) is 1. The van der Waals surface area contributed by atoms with Crippen molar-refractivity contribution in [1.82, 2.24) is 0 Å². The van der Waals surface area contributed by atoms with Crippen LogP contribution in [0.2, 0.25) is 0 Å². The lowest BCUT2D eigenvalue weighted by atomic mass is 10.2. The average Bonchev–Trinajstić information content (AvgIpc) is 2.46. The van der Waals surface area contributed by atoms with Gasteiger partial charge in [-0.05, 0) is 30.3 Å². The van der Waals surface area contributed by atoms with Crippen LogP contribution in [0.15, 0.2) is 48.5 Å². The number of carbonyl (C=O) groups excluding carboxylic acids is 1. The molecule has 0 aromatic heterocycles. The molecule has 0 saturated carbocycles. The van der Waals surface area contributed by atoms with Gasteiger partial charge in [0.2, 0.25) is 0 Å². The molecule has 0 saturated heterocycles. The Morgan fingerprint density at radius 3 is 2.80 bits per heavy atom. The standard InChI is InChI=1S/C15H13N3O2/c16-9-11-4-3-5-12(8-11)18-15(19)10-20-14-7-2-1-6-13(14)17/h1-8H,10,17H2,(H,18,19). The van der Waals surface area contributed by atoms with Crippen LogP contribution in [-0.2, 0) is 4.79 Å². The van der Waals surface area contributed by atoms with Gasteiger partial charge < -0.3 is 15.8 Å². The zero-order valence-electron chi connectivity index (χ0n) is 10.7. The highest BCUT2D eigenvalue weighted by Gasteiger charge is 2.05. The second-order valence-corrected chi connectivity index (χ2v) is 4.07. The molecule has 0 aliphatic heterocycles. The molecule has 5 heteroatoms. The average molecular weight is 267 g/mol. The van der Waals surface area contributed by atoms with Crippen LogP contribution in [0.3, 0.4) is 0 Å². The highest BCUT2D eigenvalue weighted by atomic mass is 16.5. The molecule has 0 aliphatic carbocycles. The summed E-state index contributed by atoms with van der Waals surface area (Å²) in [6.07, 6.45) is 0. The fraction of sp³-hybridized carbons (Fsp3) is 0.0667. The Morgan fingerprint density at radius 2 is 2.05 bits per heavy atom. The Bertz CT molecular complexity index is 662. The van der Waals surface area contributed by atoms with Gasteiger partial charge in [-0.2, -0.15) is 5.26 Å². The number of ether oxygens (including phenoxy) is 1. The van der Waals surface area contributed by atoms with Crippen molar-refractivity contribution in [2.24, 2.45) is 0 Å². The summed E-state index contributed by atoms with van der Waals surface area (Å²) in [5, 5.41) is 11.4. The maximum Gasteiger partial charge on any atom is 0.262 e. The van der Waals surface area contributed by atoms with Crippen molar-refractivity contribution in [3.05, 3.63) is 54.1 Å². The third-order valence-corrected chi connectivity index (χ3v) is 2.55. The SMILES string of the molecule is N#Cc1cccc(NC(=O)COc2ccccc2N)c1. The van der Waals surface area contributed by atoms with Gasteiger partial charge in [0.25, 0.3) is 5.91 Å². The van der Waals surface area contributed by atoms with Crippen LogP contribution < -0.4 is 15.8 Å². The smallest absolute Gasteiger partial charge is 0.262 e. The van der Waals surface area contributed by atoms with Crippen molar-refractivity contribution in [2.45, 2.75) is 0 Å². The normalized spacial score (nSPS) is 9.55. The van der Waals surface area contributed by atoms with Crippen molar-refractivity contribution in [1.29, 1.82) is 5.26 Å². The van der Waals surface area contributed by atoms with Crippen molar-refractivity contribution < 1.29 is 9.53 Å². The maximum atomic E-state index is 11.7. The molecule has 2 aromatic rings. The number of anilines is 2. The van der Waals surface area contributed by atoms with E-state index in [0.717, 1.165) is 0 Å². The highest BCUT2D eigenvalue weighted by molar-refractivity contribution is 5.92. The van der Waals surface area contributed by atoms with Crippen LogP contribution in [0.1, 0.15) is 5.56 Å². The first-order chi connectivity index (χ1) is 9.69. The molecular formula is C15H13N3O2. The fourth-order valence-electron chi connectivity index (χ4n) is 1.62. The molecule has 20 heavy (non-hydrogen) atoms. The molecule has 5 nitrogen and oxygen atoms in total. The van der Waals surface area contributed by atoms with Gasteiger partial charge in [0.15, 0.2) is 6.61 Å². The van der Waals surface area contributed by atoms with E-state index in [2.05, 4.69) is 5.32 Å². The molecule has 3 N–H and O–H groups in total. The van der Waals surface area contributed by atoms with Crippen molar-refractivity contribution in [3.8, 4) is 11.8 Å². The number of rotatable bonds is 4. The van der Waals surface area contributed by atoms with Crippen LogP contribution >= 0.6 is 0 Å². The Balaban J connectivity index is 1.93. The van der Waals surface area contributed by atoms with Gasteiger partial charge in [-0.3, -0.25) is 4.79 Å². The summed E-state index contributed by atoms with van der Waals surface area (Å²) >= 11 is 0. The summed E-state index contributed by atoms with van der Waals surface area (Å²) in [7, 11) is 0. The lowest BCUT2D eigenvalue weighted by Gasteiger charge is -2.09. The van der Waals surface area contributed by atoms with Gasteiger partial charge in [-0.1, -0.05) is 18.2 Å². The van der Waals surface area contributed by atoms with Crippen LogP contribution in [-0.4, -0.2) is 12.5 Å². The summed E-state index contributed by atoms with van der Waals surface area (Å²) < 4.78 is 5.33. The van der Waals surface area contributed by atoms with Crippen molar-refractivity contribution in [3.63, 3.8) is 0 Å². The predicted octanol–water partition coefficient (Wildman–Crippen LogP) is 2.16. The van der Waals surface area contributed by atoms with E-state index in [0.29, 0.717) is 22.7 Å². The highest BCUT2D eigenvalue weighted by Crippen LogP contribution is 2.19. The quantitative estimate of drug-likeness (QED) is 0.831. The molecule has 0 heterocycles. The first kappa shape index (κ1) is 13.4. The molecule has 100 valence electrons. The van der Waals surface area contributed by atoms with Gasteiger partial charge in [0.05, 0.1) is 17.3 Å².